The molecule has 0 aromatic heterocycles. The van der Waals surface area contributed by atoms with E-state index in [1.165, 1.54) is 0 Å². The van der Waals surface area contributed by atoms with E-state index in [1.54, 1.807) is 0 Å². The molecule has 3 heteroatoms. The van der Waals surface area contributed by atoms with Crippen molar-refractivity contribution in [3.63, 3.8) is 0 Å². The molecular weight excluding hydrogens is 140 g/mol. The van der Waals surface area contributed by atoms with E-state index in [2.05, 4.69) is 5.32 Å². The van der Waals surface area contributed by atoms with Crippen molar-refractivity contribution in [2.75, 3.05) is 0 Å². The van der Waals surface area contributed by atoms with Crippen LogP contribution in [0.3, 0.4) is 0 Å². The van der Waals surface area contributed by atoms with Crippen molar-refractivity contribution in [3.8, 4) is 6.07 Å². The number of nitriles is 1. The maximum atomic E-state index is 11.2. The maximum absolute atomic E-state index is 11.2. The molecule has 3 nitrogen and oxygen atoms in total. The van der Waals surface area contributed by atoms with Crippen LogP contribution in [0.15, 0.2) is 0 Å². The lowest BCUT2D eigenvalue weighted by molar-refractivity contribution is -0.124. The fourth-order valence-corrected chi connectivity index (χ4v) is 0.915. The van der Waals surface area contributed by atoms with Crippen LogP contribution in [0.1, 0.15) is 26.7 Å². The zero-order chi connectivity index (χ0) is 8.48. The van der Waals surface area contributed by atoms with E-state index in [1.807, 2.05) is 19.9 Å². The summed E-state index contributed by atoms with van der Waals surface area (Å²) in [6.07, 6.45) is 1.45. The van der Waals surface area contributed by atoms with Gasteiger partial charge in [0.2, 0.25) is 5.91 Å². The Morgan fingerprint density at radius 1 is 1.64 bits per heavy atom. The Morgan fingerprint density at radius 3 is 2.45 bits per heavy atom. The number of hydrogen-bond acceptors (Lipinski definition) is 2. The predicted octanol–water partition coefficient (Wildman–Crippen LogP) is 0.815. The Hall–Kier alpha value is -1.04. The minimum Gasteiger partial charge on any atom is -0.353 e. The van der Waals surface area contributed by atoms with Crippen LogP contribution < -0.4 is 5.32 Å². The van der Waals surface area contributed by atoms with Crippen LogP contribution in [0.5, 0.6) is 0 Å². The third-order valence-electron chi connectivity index (χ3n) is 1.82. The van der Waals surface area contributed by atoms with Crippen molar-refractivity contribution in [1.82, 2.24) is 5.32 Å². The fourth-order valence-electron chi connectivity index (χ4n) is 0.915. The van der Waals surface area contributed by atoms with Gasteiger partial charge >= 0.3 is 0 Å². The number of nitrogens with zero attached hydrogens (tertiary/aromatic N) is 1. The quantitative estimate of drug-likeness (QED) is 0.636. The number of nitrogens with one attached hydrogen (secondary N) is 1. The third-order valence-corrected chi connectivity index (χ3v) is 1.82. The maximum Gasteiger partial charge on any atom is 0.240 e. The van der Waals surface area contributed by atoms with Crippen LogP contribution in [0.2, 0.25) is 0 Å². The van der Waals surface area contributed by atoms with Gasteiger partial charge in [-0.05, 0) is 26.7 Å². The molecule has 1 aliphatic rings. The highest BCUT2D eigenvalue weighted by atomic mass is 16.2. The minimum absolute atomic E-state index is 0.102. The van der Waals surface area contributed by atoms with Crippen LogP contribution >= 0.6 is 0 Å². The summed E-state index contributed by atoms with van der Waals surface area (Å²) in [6, 6.07) is 2.18. The van der Waals surface area contributed by atoms with Crippen molar-refractivity contribution < 1.29 is 4.79 Å². The van der Waals surface area contributed by atoms with Gasteiger partial charge in [-0.2, -0.15) is 5.26 Å². The number of rotatable bonds is 2. The highest BCUT2D eigenvalue weighted by molar-refractivity contribution is 5.88. The van der Waals surface area contributed by atoms with Gasteiger partial charge in [0.15, 0.2) is 0 Å². The van der Waals surface area contributed by atoms with Crippen LogP contribution in [-0.4, -0.2) is 11.9 Å². The summed E-state index contributed by atoms with van der Waals surface area (Å²) in [4.78, 5) is 11.2. The topological polar surface area (TPSA) is 52.9 Å². The van der Waals surface area contributed by atoms with E-state index in [4.69, 9.17) is 5.26 Å². The Morgan fingerprint density at radius 2 is 2.18 bits per heavy atom. The molecule has 0 saturated heterocycles. The number of hydrogen-bond donors (Lipinski definition) is 1. The second-order valence-electron chi connectivity index (χ2n) is 3.32. The zero-order valence-electron chi connectivity index (χ0n) is 6.85. The Kier molecular flexibility index (Phi) is 1.86. The largest absolute Gasteiger partial charge is 0.353 e. The first kappa shape index (κ1) is 8.06. The molecule has 0 aromatic rings. The molecule has 1 aliphatic carbocycles. The smallest absolute Gasteiger partial charge is 0.240 e. The minimum atomic E-state index is -0.662. The lowest BCUT2D eigenvalue weighted by Gasteiger charge is -2.10. The first-order valence-corrected chi connectivity index (χ1v) is 3.83. The average Bonchev–Trinajstić information content (AvgIpc) is 2.65. The summed E-state index contributed by atoms with van der Waals surface area (Å²) in [5, 5.41) is 11.4. The molecule has 0 atom stereocenters. The molecule has 0 spiro atoms. The van der Waals surface area contributed by atoms with Gasteiger partial charge < -0.3 is 5.32 Å². The average molecular weight is 152 g/mol. The molecule has 1 amide bonds. The van der Waals surface area contributed by atoms with E-state index in [0.717, 1.165) is 12.8 Å². The third kappa shape index (κ3) is 1.51. The van der Waals surface area contributed by atoms with Crippen molar-refractivity contribution in [2.45, 2.75) is 32.7 Å². The van der Waals surface area contributed by atoms with Crippen molar-refractivity contribution in [1.29, 1.82) is 5.26 Å². The van der Waals surface area contributed by atoms with Gasteiger partial charge in [-0.3, -0.25) is 4.79 Å². The number of carbonyl (C=O) groups is 1. The van der Waals surface area contributed by atoms with E-state index in [-0.39, 0.29) is 11.9 Å². The van der Waals surface area contributed by atoms with Gasteiger partial charge in [0.25, 0.3) is 0 Å². The molecular formula is C8H12N2O. The number of amides is 1. The standard InChI is InChI=1S/C8H12N2O/c1-6(2)10-7(11)8(5-9)3-4-8/h6H,3-4H2,1-2H3,(H,10,11). The van der Waals surface area contributed by atoms with E-state index < -0.39 is 5.41 Å². The highest BCUT2D eigenvalue weighted by Crippen LogP contribution is 2.44. The van der Waals surface area contributed by atoms with Gasteiger partial charge in [0, 0.05) is 6.04 Å². The molecule has 0 heterocycles. The summed E-state index contributed by atoms with van der Waals surface area (Å²) in [7, 11) is 0. The summed E-state index contributed by atoms with van der Waals surface area (Å²) in [6.45, 7) is 3.79. The first-order chi connectivity index (χ1) is 5.10. The van der Waals surface area contributed by atoms with Crippen molar-refractivity contribution in [3.05, 3.63) is 0 Å². The Balaban J connectivity index is 2.50. The van der Waals surface area contributed by atoms with Crippen LogP contribution in [-0.2, 0) is 4.79 Å². The molecule has 60 valence electrons. The first-order valence-electron chi connectivity index (χ1n) is 3.83. The van der Waals surface area contributed by atoms with Gasteiger partial charge in [-0.15, -0.1) is 0 Å². The van der Waals surface area contributed by atoms with E-state index in [0.29, 0.717) is 0 Å². The molecule has 1 fully saturated rings. The highest BCUT2D eigenvalue weighted by Gasteiger charge is 2.50. The summed E-state index contributed by atoms with van der Waals surface area (Å²) in [5.41, 5.74) is -0.662. The molecule has 1 N–H and O–H groups in total. The van der Waals surface area contributed by atoms with Gasteiger partial charge in [0.05, 0.1) is 6.07 Å². The summed E-state index contributed by atoms with van der Waals surface area (Å²) < 4.78 is 0. The van der Waals surface area contributed by atoms with E-state index >= 15 is 0 Å². The van der Waals surface area contributed by atoms with Crippen molar-refractivity contribution in [2.24, 2.45) is 5.41 Å². The SMILES string of the molecule is CC(C)NC(=O)C1(C#N)CC1. The Bertz CT molecular complexity index is 211. The normalized spacial score (nSPS) is 19.1. The fraction of sp³-hybridized carbons (Fsp3) is 0.750. The molecule has 1 rings (SSSR count). The van der Waals surface area contributed by atoms with Gasteiger partial charge in [-0.1, -0.05) is 0 Å². The monoisotopic (exact) mass is 152 g/mol. The molecule has 1 saturated carbocycles. The van der Waals surface area contributed by atoms with Gasteiger partial charge in [0.1, 0.15) is 5.41 Å². The summed E-state index contributed by atoms with van der Waals surface area (Å²) in [5.74, 6) is -0.102. The Labute approximate surface area is 66.4 Å². The zero-order valence-corrected chi connectivity index (χ0v) is 6.85. The molecule has 11 heavy (non-hydrogen) atoms. The number of carbonyl (C=O) groups excluding carboxylic acids is 1. The molecule has 0 aliphatic heterocycles. The molecule has 0 radical (unpaired) electrons. The lowest BCUT2D eigenvalue weighted by Crippen LogP contribution is -2.36. The second kappa shape index (κ2) is 2.54. The lowest BCUT2D eigenvalue weighted by atomic mass is 10.1. The predicted molar refractivity (Wildman–Crippen MR) is 40.6 cm³/mol. The molecule has 0 unspecified atom stereocenters. The molecule has 0 bridgehead atoms. The summed E-state index contributed by atoms with van der Waals surface area (Å²) >= 11 is 0. The van der Waals surface area contributed by atoms with Crippen molar-refractivity contribution >= 4 is 5.91 Å². The van der Waals surface area contributed by atoms with E-state index in [9.17, 15) is 4.79 Å². The van der Waals surface area contributed by atoms with Crippen LogP contribution in [0.25, 0.3) is 0 Å². The van der Waals surface area contributed by atoms with Gasteiger partial charge in [-0.25, -0.2) is 0 Å². The second-order valence-corrected chi connectivity index (χ2v) is 3.32. The van der Waals surface area contributed by atoms with Crippen LogP contribution in [0.4, 0.5) is 0 Å². The van der Waals surface area contributed by atoms with Crippen LogP contribution in [0, 0.1) is 16.7 Å². The molecule has 0 aromatic carbocycles.